The van der Waals surface area contributed by atoms with Crippen molar-refractivity contribution >= 4 is 27.6 Å². The summed E-state index contributed by atoms with van der Waals surface area (Å²) in [4.78, 5) is 5.06. The molecule has 1 atom stereocenters. The first-order valence-electron chi connectivity index (χ1n) is 19.3. The van der Waals surface area contributed by atoms with E-state index in [1.807, 2.05) is 48.5 Å². The molecule has 0 radical (unpaired) electrons. The van der Waals surface area contributed by atoms with Crippen LogP contribution in [0.5, 0.6) is 0 Å². The average molecular weight is 721 g/mol. The number of nitrogens with one attached hydrogen (secondary N) is 1. The van der Waals surface area contributed by atoms with E-state index in [0.29, 0.717) is 6.54 Å². The quantitative estimate of drug-likeness (QED) is 0.0933. The molecule has 1 aromatic heterocycles. The van der Waals surface area contributed by atoms with Crippen LogP contribution in [0.15, 0.2) is 211 Å². The Morgan fingerprint density at radius 3 is 1.84 bits per heavy atom. The van der Waals surface area contributed by atoms with Crippen LogP contribution in [-0.2, 0) is 12.0 Å². The smallest absolute Gasteiger partial charge is 0.130 e. The van der Waals surface area contributed by atoms with Crippen LogP contribution in [0.1, 0.15) is 45.1 Å². The number of nitrogens with zero attached hydrogens (tertiary/aromatic N) is 2. The summed E-state index contributed by atoms with van der Waals surface area (Å²) in [6, 6.07) is 73.7. The topological polar surface area (TPSA) is 55.3 Å². The van der Waals surface area contributed by atoms with Crippen LogP contribution in [0.4, 0.5) is 0 Å². The molecule has 3 N–H and O–H groups in total. The Kier molecular flexibility index (Phi) is 8.39. The zero-order valence-electron chi connectivity index (χ0n) is 30.9. The number of para-hydroxylation sites is 1. The fraction of sp³-hybridized carbons (Fsp3) is 0.0577. The van der Waals surface area contributed by atoms with Crippen LogP contribution in [0.3, 0.4) is 0 Å². The van der Waals surface area contributed by atoms with E-state index in [1.165, 1.54) is 55.2 Å². The summed E-state index contributed by atoms with van der Waals surface area (Å²) in [5, 5.41) is 5.99. The summed E-state index contributed by atoms with van der Waals surface area (Å²) in [7, 11) is 0. The Labute approximate surface area is 327 Å². The molecule has 0 aliphatic heterocycles. The number of nitrogens with two attached hydrogens (primary N) is 1. The molecule has 1 unspecified atom stereocenters. The third kappa shape index (κ3) is 5.45. The van der Waals surface area contributed by atoms with E-state index < -0.39 is 5.41 Å². The molecule has 4 heteroatoms. The van der Waals surface area contributed by atoms with Crippen molar-refractivity contribution in [2.75, 3.05) is 0 Å². The number of hydrogen-bond acceptors (Lipinski definition) is 2. The van der Waals surface area contributed by atoms with Gasteiger partial charge in [0.2, 0.25) is 0 Å². The highest BCUT2D eigenvalue weighted by Crippen LogP contribution is 2.58. The van der Waals surface area contributed by atoms with E-state index in [9.17, 15) is 0 Å². The number of aromatic nitrogens is 1. The van der Waals surface area contributed by atoms with Gasteiger partial charge in [0.05, 0.1) is 23.0 Å². The molecular formula is C52H40N4. The van der Waals surface area contributed by atoms with Crippen molar-refractivity contribution in [1.29, 1.82) is 0 Å². The number of aliphatic imine (C=N–C) groups is 1. The normalized spacial score (nSPS) is 13.7. The molecule has 10 rings (SSSR count). The summed E-state index contributed by atoms with van der Waals surface area (Å²) in [5.41, 5.74) is 20.5. The van der Waals surface area contributed by atoms with Crippen LogP contribution in [0.25, 0.3) is 38.6 Å². The van der Waals surface area contributed by atoms with Crippen molar-refractivity contribution in [2.45, 2.75) is 18.1 Å². The lowest BCUT2D eigenvalue weighted by atomic mass is 9.67. The van der Waals surface area contributed by atoms with E-state index in [1.54, 1.807) is 0 Å². The summed E-state index contributed by atoms with van der Waals surface area (Å²) in [6.07, 6.45) is -0.383. The lowest BCUT2D eigenvalue weighted by Gasteiger charge is -2.33. The lowest BCUT2D eigenvalue weighted by Crippen LogP contribution is -2.34. The van der Waals surface area contributed by atoms with Crippen molar-refractivity contribution < 1.29 is 0 Å². The standard InChI is InChI=1S/C52H40N4/c53-50(37-17-5-1-6-18-37)55-51(38-19-7-2-8-20-38)54-35-36-29-31-41(32-30-36)56-46-28-16-14-26-43(46)49-47(56)34-33-45-48(49)42-25-13-15-27-44(42)52(45,39-21-9-3-10-22-39)40-23-11-4-12-24-40/h1-34,50H,35,53H2,(H,54,55). The van der Waals surface area contributed by atoms with Crippen LogP contribution < -0.4 is 11.1 Å². The maximum atomic E-state index is 6.61. The van der Waals surface area contributed by atoms with Crippen LogP contribution in [0.2, 0.25) is 0 Å². The molecule has 4 nitrogen and oxygen atoms in total. The number of rotatable bonds is 8. The van der Waals surface area contributed by atoms with Crippen molar-refractivity contribution in [3.8, 4) is 16.8 Å². The van der Waals surface area contributed by atoms with Gasteiger partial charge in [-0.3, -0.25) is 4.99 Å². The minimum atomic E-state index is -0.452. The minimum absolute atomic E-state index is 0.383. The third-order valence-electron chi connectivity index (χ3n) is 11.4. The number of benzene rings is 8. The summed E-state index contributed by atoms with van der Waals surface area (Å²) in [5.74, 6) is 0.768. The molecule has 1 aliphatic carbocycles. The average Bonchev–Trinajstić information content (AvgIpc) is 3.77. The second-order valence-corrected chi connectivity index (χ2v) is 14.5. The number of amidine groups is 1. The van der Waals surface area contributed by atoms with E-state index in [0.717, 1.165) is 28.2 Å². The van der Waals surface area contributed by atoms with Gasteiger partial charge < -0.3 is 15.6 Å². The Morgan fingerprint density at radius 1 is 0.554 bits per heavy atom. The Morgan fingerprint density at radius 2 is 1.14 bits per heavy atom. The van der Waals surface area contributed by atoms with Crippen molar-refractivity contribution in [3.63, 3.8) is 0 Å². The molecule has 268 valence electrons. The first kappa shape index (κ1) is 33.6. The van der Waals surface area contributed by atoms with Gasteiger partial charge in [0.25, 0.3) is 0 Å². The van der Waals surface area contributed by atoms with Gasteiger partial charge in [-0.25, -0.2) is 0 Å². The predicted molar refractivity (Wildman–Crippen MR) is 231 cm³/mol. The Balaban J connectivity index is 1.09. The van der Waals surface area contributed by atoms with E-state index in [-0.39, 0.29) is 6.17 Å². The molecule has 0 fully saturated rings. The van der Waals surface area contributed by atoms with Gasteiger partial charge in [-0.2, -0.15) is 0 Å². The van der Waals surface area contributed by atoms with Crippen LogP contribution >= 0.6 is 0 Å². The summed E-state index contributed by atoms with van der Waals surface area (Å²) in [6.45, 7) is 0.511. The molecule has 9 aromatic rings. The fourth-order valence-corrected chi connectivity index (χ4v) is 8.90. The highest BCUT2D eigenvalue weighted by atomic mass is 15.1. The molecule has 56 heavy (non-hydrogen) atoms. The van der Waals surface area contributed by atoms with Gasteiger partial charge in [0, 0.05) is 22.0 Å². The van der Waals surface area contributed by atoms with E-state index >= 15 is 0 Å². The zero-order valence-corrected chi connectivity index (χ0v) is 30.9. The minimum Gasteiger partial charge on any atom is -0.351 e. The number of hydrogen-bond donors (Lipinski definition) is 2. The van der Waals surface area contributed by atoms with Crippen LogP contribution in [-0.4, -0.2) is 10.4 Å². The highest BCUT2D eigenvalue weighted by molar-refractivity contribution is 6.18. The second-order valence-electron chi connectivity index (χ2n) is 14.5. The highest BCUT2D eigenvalue weighted by Gasteiger charge is 2.47. The molecule has 0 spiro atoms. The Hall–Kier alpha value is -7.01. The second kappa shape index (κ2) is 14.0. The molecule has 0 bridgehead atoms. The zero-order chi connectivity index (χ0) is 37.5. The maximum Gasteiger partial charge on any atom is 0.130 e. The molecular weight excluding hydrogens is 681 g/mol. The van der Waals surface area contributed by atoms with Crippen molar-refractivity contribution in [3.05, 3.63) is 245 Å². The largest absolute Gasteiger partial charge is 0.351 e. The molecule has 8 aromatic carbocycles. The molecule has 1 heterocycles. The molecule has 0 amide bonds. The molecule has 1 aliphatic rings. The lowest BCUT2D eigenvalue weighted by molar-refractivity contribution is 0.679. The monoisotopic (exact) mass is 720 g/mol. The van der Waals surface area contributed by atoms with Crippen molar-refractivity contribution in [1.82, 2.24) is 9.88 Å². The van der Waals surface area contributed by atoms with Gasteiger partial charge in [-0.15, -0.1) is 0 Å². The first-order valence-corrected chi connectivity index (χ1v) is 19.3. The number of fused-ring (bicyclic) bond motifs is 7. The molecule has 0 saturated carbocycles. The fourth-order valence-electron chi connectivity index (χ4n) is 8.90. The maximum absolute atomic E-state index is 6.61. The van der Waals surface area contributed by atoms with Gasteiger partial charge in [0.15, 0.2) is 0 Å². The Bertz CT molecular complexity index is 2800. The van der Waals surface area contributed by atoms with Gasteiger partial charge in [-0.05, 0) is 68.8 Å². The van der Waals surface area contributed by atoms with Crippen LogP contribution in [0, 0.1) is 0 Å². The SMILES string of the molecule is NC(N/C(=N\Cc1ccc(-n2c3ccccc3c3c4c(ccc32)C(c2ccccc2)(c2ccccc2)c2ccccc2-4)cc1)c1ccccc1)c1ccccc1. The predicted octanol–water partition coefficient (Wildman–Crippen LogP) is 11.3. The van der Waals surface area contributed by atoms with Gasteiger partial charge in [-0.1, -0.05) is 182 Å². The van der Waals surface area contributed by atoms with Gasteiger partial charge >= 0.3 is 0 Å². The van der Waals surface area contributed by atoms with E-state index in [2.05, 4.69) is 168 Å². The third-order valence-corrected chi connectivity index (χ3v) is 11.4. The summed E-state index contributed by atoms with van der Waals surface area (Å²) < 4.78 is 2.42. The van der Waals surface area contributed by atoms with Crippen molar-refractivity contribution in [2.24, 2.45) is 10.7 Å². The molecule has 0 saturated heterocycles. The van der Waals surface area contributed by atoms with E-state index in [4.69, 9.17) is 10.7 Å². The first-order chi connectivity index (χ1) is 27.7. The van der Waals surface area contributed by atoms with Gasteiger partial charge in [0.1, 0.15) is 12.0 Å². The summed E-state index contributed by atoms with van der Waals surface area (Å²) >= 11 is 0.